The molecule has 124 valence electrons. The van der Waals surface area contributed by atoms with E-state index in [1.54, 1.807) is 14.2 Å². The Hall–Kier alpha value is -1.30. The number of hydrogen-bond acceptors (Lipinski definition) is 5. The number of hydrogen-bond donors (Lipinski definition) is 1. The number of methoxy groups -OCH3 is 2. The second-order valence-corrected chi connectivity index (χ2v) is 5.69. The van der Waals surface area contributed by atoms with Gasteiger partial charge in [0.25, 0.3) is 0 Å². The van der Waals surface area contributed by atoms with Crippen LogP contribution in [0.2, 0.25) is 0 Å². The number of piperazine rings is 1. The molecule has 1 unspecified atom stereocenters. The van der Waals surface area contributed by atoms with Crippen LogP contribution in [-0.2, 0) is 0 Å². The van der Waals surface area contributed by atoms with Crippen molar-refractivity contribution in [2.24, 2.45) is 0 Å². The maximum atomic E-state index is 10.5. The van der Waals surface area contributed by atoms with Crippen LogP contribution in [0.1, 0.15) is 25.0 Å². The summed E-state index contributed by atoms with van der Waals surface area (Å²) in [4.78, 5) is 4.88. The minimum Gasteiger partial charge on any atom is -0.497 e. The third-order valence-corrected chi connectivity index (χ3v) is 4.43. The van der Waals surface area contributed by atoms with Crippen LogP contribution in [0.15, 0.2) is 18.2 Å². The first-order chi connectivity index (χ1) is 10.7. The molecular weight excluding hydrogens is 280 g/mol. The predicted octanol–water partition coefficient (Wildman–Crippen LogP) is 1.76. The zero-order chi connectivity index (χ0) is 15.9. The topological polar surface area (TPSA) is 45.2 Å². The lowest BCUT2D eigenvalue weighted by molar-refractivity contribution is 0.104. The van der Waals surface area contributed by atoms with E-state index in [9.17, 15) is 5.11 Å². The quantitative estimate of drug-likeness (QED) is 0.832. The van der Waals surface area contributed by atoms with Gasteiger partial charge >= 0.3 is 0 Å². The Kier molecular flexibility index (Phi) is 6.49. The van der Waals surface area contributed by atoms with Crippen LogP contribution < -0.4 is 9.47 Å². The SMILES string of the molecule is CCN1CCN(CCC(O)c2ccc(OC)cc2OC)CC1. The van der Waals surface area contributed by atoms with Gasteiger partial charge in [-0.1, -0.05) is 6.92 Å². The van der Waals surface area contributed by atoms with Crippen LogP contribution in [0.25, 0.3) is 0 Å². The summed E-state index contributed by atoms with van der Waals surface area (Å²) < 4.78 is 10.6. The van der Waals surface area contributed by atoms with Crippen molar-refractivity contribution in [2.45, 2.75) is 19.4 Å². The second kappa shape index (κ2) is 8.36. The van der Waals surface area contributed by atoms with Gasteiger partial charge in [0.1, 0.15) is 11.5 Å². The number of aliphatic hydroxyl groups is 1. The highest BCUT2D eigenvalue weighted by atomic mass is 16.5. The van der Waals surface area contributed by atoms with Gasteiger partial charge in [-0.15, -0.1) is 0 Å². The molecule has 0 aromatic heterocycles. The maximum Gasteiger partial charge on any atom is 0.128 e. The van der Waals surface area contributed by atoms with Gasteiger partial charge in [0, 0.05) is 44.4 Å². The molecule has 0 saturated carbocycles. The monoisotopic (exact) mass is 308 g/mol. The first kappa shape index (κ1) is 17.1. The third kappa shape index (κ3) is 4.35. The van der Waals surface area contributed by atoms with Crippen molar-refractivity contribution in [3.8, 4) is 11.5 Å². The Morgan fingerprint density at radius 3 is 2.36 bits per heavy atom. The van der Waals surface area contributed by atoms with Gasteiger partial charge in [0.15, 0.2) is 0 Å². The van der Waals surface area contributed by atoms with Gasteiger partial charge in [0.05, 0.1) is 20.3 Å². The highest BCUT2D eigenvalue weighted by Crippen LogP contribution is 2.31. The summed E-state index contributed by atoms with van der Waals surface area (Å²) >= 11 is 0. The Balaban J connectivity index is 1.88. The first-order valence-electron chi connectivity index (χ1n) is 8.02. The minimum atomic E-state index is -0.509. The number of aliphatic hydroxyl groups excluding tert-OH is 1. The molecule has 1 aromatic rings. The van der Waals surface area contributed by atoms with Gasteiger partial charge < -0.3 is 24.4 Å². The van der Waals surface area contributed by atoms with Crippen molar-refractivity contribution >= 4 is 0 Å². The Morgan fingerprint density at radius 2 is 1.77 bits per heavy atom. The van der Waals surface area contributed by atoms with E-state index in [0.717, 1.165) is 57.0 Å². The van der Waals surface area contributed by atoms with Gasteiger partial charge in [-0.2, -0.15) is 0 Å². The van der Waals surface area contributed by atoms with E-state index in [4.69, 9.17) is 9.47 Å². The fourth-order valence-electron chi connectivity index (χ4n) is 2.88. The molecule has 5 nitrogen and oxygen atoms in total. The fourth-order valence-corrected chi connectivity index (χ4v) is 2.88. The van der Waals surface area contributed by atoms with E-state index < -0.39 is 6.10 Å². The zero-order valence-electron chi connectivity index (χ0n) is 13.9. The van der Waals surface area contributed by atoms with Crippen molar-refractivity contribution < 1.29 is 14.6 Å². The van der Waals surface area contributed by atoms with Gasteiger partial charge in [-0.05, 0) is 25.1 Å². The van der Waals surface area contributed by atoms with Crippen molar-refractivity contribution in [1.82, 2.24) is 9.80 Å². The molecule has 1 aliphatic rings. The Labute approximate surface area is 133 Å². The van der Waals surface area contributed by atoms with Crippen LogP contribution in [0, 0.1) is 0 Å². The molecule has 1 atom stereocenters. The third-order valence-electron chi connectivity index (χ3n) is 4.43. The van der Waals surface area contributed by atoms with E-state index in [1.165, 1.54) is 0 Å². The highest BCUT2D eigenvalue weighted by molar-refractivity contribution is 5.41. The lowest BCUT2D eigenvalue weighted by atomic mass is 10.0. The molecule has 1 N–H and O–H groups in total. The molecule has 1 aromatic carbocycles. The van der Waals surface area contributed by atoms with E-state index in [-0.39, 0.29) is 0 Å². The Bertz CT molecular complexity index is 459. The molecule has 0 spiro atoms. The molecule has 0 bridgehead atoms. The summed E-state index contributed by atoms with van der Waals surface area (Å²) in [5, 5.41) is 10.5. The van der Waals surface area contributed by atoms with Gasteiger partial charge in [-0.3, -0.25) is 0 Å². The van der Waals surface area contributed by atoms with E-state index in [2.05, 4.69) is 16.7 Å². The standard InChI is InChI=1S/C17H28N2O3/c1-4-18-9-11-19(12-10-18)8-7-16(20)15-6-5-14(21-2)13-17(15)22-3/h5-6,13,16,20H,4,7-12H2,1-3H3. The molecule has 2 rings (SSSR count). The molecule has 5 heteroatoms. The molecule has 1 saturated heterocycles. The minimum absolute atomic E-state index is 0.509. The Morgan fingerprint density at radius 1 is 1.09 bits per heavy atom. The van der Waals surface area contributed by atoms with Crippen LogP contribution in [0.3, 0.4) is 0 Å². The summed E-state index contributed by atoms with van der Waals surface area (Å²) in [6, 6.07) is 5.57. The summed E-state index contributed by atoms with van der Waals surface area (Å²) in [5.74, 6) is 1.42. The van der Waals surface area contributed by atoms with Gasteiger partial charge in [0.2, 0.25) is 0 Å². The molecule has 0 radical (unpaired) electrons. The molecule has 22 heavy (non-hydrogen) atoms. The first-order valence-corrected chi connectivity index (χ1v) is 8.02. The van der Waals surface area contributed by atoms with E-state index in [0.29, 0.717) is 5.75 Å². The smallest absolute Gasteiger partial charge is 0.128 e. The molecule has 0 aliphatic carbocycles. The van der Waals surface area contributed by atoms with Crippen LogP contribution >= 0.6 is 0 Å². The fraction of sp³-hybridized carbons (Fsp3) is 0.647. The molecule has 0 amide bonds. The van der Waals surface area contributed by atoms with Crippen molar-refractivity contribution in [1.29, 1.82) is 0 Å². The van der Waals surface area contributed by atoms with Crippen LogP contribution in [0.4, 0.5) is 0 Å². The molecule has 1 heterocycles. The van der Waals surface area contributed by atoms with E-state index in [1.807, 2.05) is 18.2 Å². The largest absolute Gasteiger partial charge is 0.497 e. The summed E-state index contributed by atoms with van der Waals surface area (Å²) in [6.45, 7) is 8.65. The number of ether oxygens (including phenoxy) is 2. The average molecular weight is 308 g/mol. The van der Waals surface area contributed by atoms with Crippen molar-refractivity contribution in [3.05, 3.63) is 23.8 Å². The lowest BCUT2D eigenvalue weighted by Crippen LogP contribution is -2.46. The predicted molar refractivity (Wildman–Crippen MR) is 87.7 cm³/mol. The second-order valence-electron chi connectivity index (χ2n) is 5.69. The molecule has 1 aliphatic heterocycles. The van der Waals surface area contributed by atoms with E-state index >= 15 is 0 Å². The molecular formula is C17H28N2O3. The zero-order valence-corrected chi connectivity index (χ0v) is 13.9. The maximum absolute atomic E-state index is 10.5. The van der Waals surface area contributed by atoms with Crippen molar-refractivity contribution in [2.75, 3.05) is 53.5 Å². The number of likely N-dealkylation sites (N-methyl/N-ethyl adjacent to an activating group) is 1. The average Bonchev–Trinajstić information content (AvgIpc) is 2.59. The number of benzene rings is 1. The summed E-state index contributed by atoms with van der Waals surface area (Å²) in [6.07, 6.45) is 0.208. The molecule has 1 fully saturated rings. The van der Waals surface area contributed by atoms with Crippen molar-refractivity contribution in [3.63, 3.8) is 0 Å². The number of rotatable bonds is 7. The summed E-state index contributed by atoms with van der Waals surface area (Å²) in [7, 11) is 3.25. The number of nitrogens with zero attached hydrogens (tertiary/aromatic N) is 2. The van der Waals surface area contributed by atoms with Gasteiger partial charge in [-0.25, -0.2) is 0 Å². The normalized spacial score (nSPS) is 18.2. The van der Waals surface area contributed by atoms with Crippen LogP contribution in [0.5, 0.6) is 11.5 Å². The lowest BCUT2D eigenvalue weighted by Gasteiger charge is -2.34. The van der Waals surface area contributed by atoms with Crippen LogP contribution in [-0.4, -0.2) is 68.4 Å². The highest BCUT2D eigenvalue weighted by Gasteiger charge is 2.19. The summed E-state index contributed by atoms with van der Waals surface area (Å²) in [5.41, 5.74) is 0.829.